The Labute approximate surface area is 83.2 Å². The van der Waals surface area contributed by atoms with Gasteiger partial charge >= 0.3 is 0 Å². The van der Waals surface area contributed by atoms with Gasteiger partial charge in [0.25, 0.3) is 0 Å². The highest BCUT2D eigenvalue weighted by atomic mass is 16.5. The van der Waals surface area contributed by atoms with Crippen LogP contribution in [0.15, 0.2) is 18.2 Å². The number of benzene rings is 1. The van der Waals surface area contributed by atoms with E-state index in [4.69, 9.17) is 10.5 Å². The minimum atomic E-state index is 0.238. The quantitative estimate of drug-likeness (QED) is 0.697. The fraction of sp³-hybridized carbons (Fsp3) is 0.455. The van der Waals surface area contributed by atoms with Crippen LogP contribution in [0, 0.1) is 0 Å². The summed E-state index contributed by atoms with van der Waals surface area (Å²) >= 11 is 0. The summed E-state index contributed by atoms with van der Waals surface area (Å²) in [4.78, 5) is 0. The largest absolute Gasteiger partial charge is 0.497 e. The van der Waals surface area contributed by atoms with Gasteiger partial charge in [-0.1, -0.05) is 6.07 Å². The van der Waals surface area contributed by atoms with Gasteiger partial charge in [0, 0.05) is 29.8 Å². The van der Waals surface area contributed by atoms with Crippen LogP contribution in [0.25, 0.3) is 0 Å². The van der Waals surface area contributed by atoms with E-state index in [1.807, 2.05) is 6.07 Å². The van der Waals surface area contributed by atoms with Gasteiger partial charge in [-0.3, -0.25) is 0 Å². The number of anilines is 1. The molecule has 0 radical (unpaired) electrons. The molecule has 2 atom stereocenters. The summed E-state index contributed by atoms with van der Waals surface area (Å²) < 4.78 is 5.18. The van der Waals surface area contributed by atoms with E-state index in [0.717, 1.165) is 18.7 Å². The maximum Gasteiger partial charge on any atom is 0.120 e. The van der Waals surface area contributed by atoms with Crippen molar-refractivity contribution in [3.8, 4) is 5.75 Å². The van der Waals surface area contributed by atoms with Crippen molar-refractivity contribution in [2.45, 2.75) is 17.9 Å². The van der Waals surface area contributed by atoms with Crippen LogP contribution in [0.1, 0.15) is 12.0 Å². The number of methoxy groups -OCH3 is 1. The highest BCUT2D eigenvalue weighted by Gasteiger charge is 2.56. The fourth-order valence-electron chi connectivity index (χ4n) is 2.43. The molecule has 1 heterocycles. The van der Waals surface area contributed by atoms with Crippen LogP contribution in [0.3, 0.4) is 0 Å². The van der Waals surface area contributed by atoms with E-state index >= 15 is 0 Å². The van der Waals surface area contributed by atoms with Gasteiger partial charge in [-0.25, -0.2) is 0 Å². The van der Waals surface area contributed by atoms with Crippen molar-refractivity contribution < 1.29 is 4.74 Å². The van der Waals surface area contributed by atoms with E-state index in [2.05, 4.69) is 17.4 Å². The zero-order valence-electron chi connectivity index (χ0n) is 8.21. The maximum atomic E-state index is 5.98. The third kappa shape index (κ3) is 0.852. The van der Waals surface area contributed by atoms with E-state index in [-0.39, 0.29) is 5.41 Å². The Hall–Kier alpha value is -1.22. The Bertz CT molecular complexity index is 391. The molecule has 3 heteroatoms. The highest BCUT2D eigenvalue weighted by molar-refractivity contribution is 5.66. The van der Waals surface area contributed by atoms with E-state index in [0.29, 0.717) is 6.04 Å². The van der Waals surface area contributed by atoms with Gasteiger partial charge in [-0.2, -0.15) is 0 Å². The lowest BCUT2D eigenvalue weighted by atomic mass is 9.97. The van der Waals surface area contributed by atoms with Crippen molar-refractivity contribution in [2.24, 2.45) is 5.73 Å². The molecular weight excluding hydrogens is 176 g/mol. The van der Waals surface area contributed by atoms with Crippen LogP contribution in [0.2, 0.25) is 0 Å². The van der Waals surface area contributed by atoms with Crippen molar-refractivity contribution in [1.29, 1.82) is 0 Å². The number of fused-ring (bicyclic) bond motifs is 2. The second-order valence-electron chi connectivity index (χ2n) is 4.23. The first-order valence-corrected chi connectivity index (χ1v) is 4.94. The van der Waals surface area contributed by atoms with Crippen LogP contribution in [-0.2, 0) is 5.41 Å². The van der Waals surface area contributed by atoms with E-state index < -0.39 is 0 Å². The molecule has 3 rings (SSSR count). The summed E-state index contributed by atoms with van der Waals surface area (Å²) in [6.45, 7) is 0.983. The lowest BCUT2D eigenvalue weighted by Gasteiger charge is -2.07. The van der Waals surface area contributed by atoms with Gasteiger partial charge in [0.2, 0.25) is 0 Å². The van der Waals surface area contributed by atoms with E-state index in [1.54, 1.807) is 7.11 Å². The molecular formula is C11H14N2O. The fourth-order valence-corrected chi connectivity index (χ4v) is 2.43. The van der Waals surface area contributed by atoms with Crippen molar-refractivity contribution in [2.75, 3.05) is 19.0 Å². The standard InChI is InChI=1S/C11H14N2O/c1-14-7-2-3-8-9(4-7)13-6-11(8)5-10(11)12/h2-4,10,13H,5-6,12H2,1H3. The van der Waals surface area contributed by atoms with Crippen LogP contribution in [0.4, 0.5) is 5.69 Å². The molecule has 0 saturated heterocycles. The zero-order valence-corrected chi connectivity index (χ0v) is 8.21. The molecule has 3 N–H and O–H groups in total. The summed E-state index contributed by atoms with van der Waals surface area (Å²) in [6.07, 6.45) is 1.11. The molecule has 0 amide bonds. The van der Waals surface area contributed by atoms with Gasteiger partial charge in [-0.15, -0.1) is 0 Å². The molecule has 3 nitrogen and oxygen atoms in total. The number of nitrogens with two attached hydrogens (primary N) is 1. The van der Waals surface area contributed by atoms with Gasteiger partial charge in [0.1, 0.15) is 5.75 Å². The smallest absolute Gasteiger partial charge is 0.120 e. The number of nitrogens with one attached hydrogen (secondary N) is 1. The molecule has 2 aliphatic rings. The minimum Gasteiger partial charge on any atom is -0.497 e. The average Bonchev–Trinajstić information content (AvgIpc) is 2.71. The Kier molecular flexibility index (Phi) is 1.40. The molecule has 74 valence electrons. The number of rotatable bonds is 1. The van der Waals surface area contributed by atoms with Crippen LogP contribution >= 0.6 is 0 Å². The Balaban J connectivity index is 2.06. The summed E-state index contributed by atoms with van der Waals surface area (Å²) in [5.74, 6) is 0.905. The second kappa shape index (κ2) is 2.42. The molecule has 0 aromatic heterocycles. The second-order valence-corrected chi connectivity index (χ2v) is 4.23. The third-order valence-electron chi connectivity index (χ3n) is 3.49. The van der Waals surface area contributed by atoms with Crippen LogP contribution in [-0.4, -0.2) is 19.7 Å². The van der Waals surface area contributed by atoms with Crippen molar-refractivity contribution in [1.82, 2.24) is 0 Å². The van der Waals surface area contributed by atoms with Gasteiger partial charge in [0.15, 0.2) is 0 Å². The molecule has 2 unspecified atom stereocenters. The molecule has 1 saturated carbocycles. The Morgan fingerprint density at radius 3 is 3.00 bits per heavy atom. The third-order valence-corrected chi connectivity index (χ3v) is 3.49. The number of hydrogen-bond donors (Lipinski definition) is 2. The normalized spacial score (nSPS) is 32.6. The summed E-state index contributed by atoms with van der Waals surface area (Å²) in [7, 11) is 1.69. The predicted molar refractivity (Wildman–Crippen MR) is 55.8 cm³/mol. The SMILES string of the molecule is COc1ccc2c(c1)NCC21CC1N. The molecule has 0 bridgehead atoms. The molecule has 1 aliphatic carbocycles. The Morgan fingerprint density at radius 1 is 1.57 bits per heavy atom. The summed E-state index contributed by atoms with van der Waals surface area (Å²) in [6, 6.07) is 6.54. The minimum absolute atomic E-state index is 0.238. The van der Waals surface area contributed by atoms with Crippen molar-refractivity contribution >= 4 is 5.69 Å². The molecule has 1 aromatic carbocycles. The monoisotopic (exact) mass is 190 g/mol. The maximum absolute atomic E-state index is 5.98. The summed E-state index contributed by atoms with van der Waals surface area (Å²) in [5.41, 5.74) is 8.77. The van der Waals surface area contributed by atoms with Gasteiger partial charge < -0.3 is 15.8 Å². The Morgan fingerprint density at radius 2 is 2.36 bits per heavy atom. The molecule has 1 spiro atoms. The van der Waals surface area contributed by atoms with Gasteiger partial charge in [0.05, 0.1) is 7.11 Å². The van der Waals surface area contributed by atoms with Gasteiger partial charge in [-0.05, 0) is 18.1 Å². The first-order chi connectivity index (χ1) is 6.76. The lowest BCUT2D eigenvalue weighted by molar-refractivity contribution is 0.415. The lowest BCUT2D eigenvalue weighted by Crippen LogP contribution is -2.20. The highest BCUT2D eigenvalue weighted by Crippen LogP contribution is 2.53. The first kappa shape index (κ1) is 8.12. The summed E-state index contributed by atoms with van der Waals surface area (Å²) in [5, 5.41) is 3.40. The van der Waals surface area contributed by atoms with Crippen molar-refractivity contribution in [3.63, 3.8) is 0 Å². The zero-order chi connectivity index (χ0) is 9.76. The van der Waals surface area contributed by atoms with Crippen LogP contribution in [0.5, 0.6) is 5.75 Å². The number of ether oxygens (including phenoxy) is 1. The topological polar surface area (TPSA) is 47.3 Å². The molecule has 1 aliphatic heterocycles. The molecule has 1 fully saturated rings. The number of hydrogen-bond acceptors (Lipinski definition) is 3. The van der Waals surface area contributed by atoms with Crippen molar-refractivity contribution in [3.05, 3.63) is 23.8 Å². The average molecular weight is 190 g/mol. The first-order valence-electron chi connectivity index (χ1n) is 4.94. The predicted octanol–water partition coefficient (Wildman–Crippen LogP) is 1.09. The van der Waals surface area contributed by atoms with E-state index in [1.165, 1.54) is 11.3 Å². The molecule has 1 aromatic rings. The van der Waals surface area contributed by atoms with E-state index in [9.17, 15) is 0 Å². The molecule has 14 heavy (non-hydrogen) atoms. The van der Waals surface area contributed by atoms with Crippen LogP contribution < -0.4 is 15.8 Å².